The molecule has 110 valence electrons. The number of cyclic esters (lactones) is 1. The van der Waals surface area contributed by atoms with Crippen molar-refractivity contribution in [1.29, 1.82) is 0 Å². The molecule has 0 spiro atoms. The topological polar surface area (TPSA) is 64.1 Å². The van der Waals surface area contributed by atoms with Gasteiger partial charge in [-0.25, -0.2) is 0 Å². The van der Waals surface area contributed by atoms with E-state index in [0.717, 1.165) is 21.6 Å². The summed E-state index contributed by atoms with van der Waals surface area (Å²) in [5, 5.41) is 12.1. The Morgan fingerprint density at radius 3 is 2.90 bits per heavy atom. The van der Waals surface area contributed by atoms with E-state index in [9.17, 15) is 4.79 Å². The van der Waals surface area contributed by atoms with Gasteiger partial charge in [-0.3, -0.25) is 4.79 Å². The molecule has 7 heteroatoms. The number of carbonyl (C=O) groups excluding carboxylic acids is 1. The van der Waals surface area contributed by atoms with Crippen LogP contribution in [0, 0.1) is 13.8 Å². The van der Waals surface area contributed by atoms with E-state index < -0.39 is 0 Å². The van der Waals surface area contributed by atoms with Crippen LogP contribution in [0.5, 0.6) is 0 Å². The summed E-state index contributed by atoms with van der Waals surface area (Å²) >= 11 is 2.88. The van der Waals surface area contributed by atoms with Crippen LogP contribution < -0.4 is 5.32 Å². The second-order valence-electron chi connectivity index (χ2n) is 4.86. The van der Waals surface area contributed by atoms with Crippen molar-refractivity contribution in [1.82, 2.24) is 10.2 Å². The minimum absolute atomic E-state index is 0.146. The summed E-state index contributed by atoms with van der Waals surface area (Å²) in [4.78, 5) is 11.4. The molecule has 1 atom stereocenters. The molecule has 2 aromatic rings. The van der Waals surface area contributed by atoms with E-state index in [-0.39, 0.29) is 11.2 Å². The highest BCUT2D eigenvalue weighted by Crippen LogP contribution is 2.34. The molecule has 2 heterocycles. The number of carbonyl (C=O) groups is 1. The Bertz CT molecular complexity index is 672. The minimum atomic E-state index is -0.154. The third-order valence-electron chi connectivity index (χ3n) is 3.29. The van der Waals surface area contributed by atoms with Gasteiger partial charge in [0.1, 0.15) is 5.25 Å². The zero-order valence-electron chi connectivity index (χ0n) is 11.8. The summed E-state index contributed by atoms with van der Waals surface area (Å²) in [7, 11) is 0. The number of thioether (sulfide) groups is 1. The molecule has 1 aromatic carbocycles. The third kappa shape index (κ3) is 3.36. The Morgan fingerprint density at radius 2 is 2.19 bits per heavy atom. The van der Waals surface area contributed by atoms with Crippen molar-refractivity contribution in [2.45, 2.75) is 29.9 Å². The van der Waals surface area contributed by atoms with E-state index in [2.05, 4.69) is 41.5 Å². The zero-order valence-corrected chi connectivity index (χ0v) is 13.4. The fourth-order valence-corrected chi connectivity index (χ4v) is 3.94. The van der Waals surface area contributed by atoms with Gasteiger partial charge >= 0.3 is 5.97 Å². The molecule has 1 saturated heterocycles. The molecular formula is C14H15N3O2S2. The van der Waals surface area contributed by atoms with Gasteiger partial charge < -0.3 is 10.1 Å². The summed E-state index contributed by atoms with van der Waals surface area (Å²) in [5.41, 5.74) is 3.48. The van der Waals surface area contributed by atoms with Crippen LogP contribution >= 0.6 is 23.1 Å². The summed E-state index contributed by atoms with van der Waals surface area (Å²) in [5.74, 6) is -0.154. The number of hydrogen-bond donors (Lipinski definition) is 1. The zero-order chi connectivity index (χ0) is 14.8. The van der Waals surface area contributed by atoms with Crippen molar-refractivity contribution in [2.24, 2.45) is 0 Å². The lowest BCUT2D eigenvalue weighted by molar-refractivity contribution is -0.137. The minimum Gasteiger partial charge on any atom is -0.465 e. The maximum Gasteiger partial charge on any atom is 0.319 e. The number of ether oxygens (including phenoxy) is 1. The van der Waals surface area contributed by atoms with Gasteiger partial charge in [0.2, 0.25) is 5.13 Å². The molecule has 1 fully saturated rings. The quantitative estimate of drug-likeness (QED) is 0.872. The van der Waals surface area contributed by atoms with Crippen LogP contribution in [0.3, 0.4) is 0 Å². The fourth-order valence-electron chi connectivity index (χ4n) is 1.96. The molecule has 0 aliphatic carbocycles. The molecule has 0 bridgehead atoms. The monoisotopic (exact) mass is 321 g/mol. The number of aryl methyl sites for hydroxylation is 2. The third-order valence-corrected chi connectivity index (χ3v) is 5.46. The van der Waals surface area contributed by atoms with Gasteiger partial charge in [0, 0.05) is 12.1 Å². The van der Waals surface area contributed by atoms with Gasteiger partial charge in [-0.1, -0.05) is 29.2 Å². The second kappa shape index (κ2) is 6.03. The van der Waals surface area contributed by atoms with Crippen LogP contribution in [-0.2, 0) is 9.53 Å². The normalized spacial score (nSPS) is 17.8. The summed E-state index contributed by atoms with van der Waals surface area (Å²) in [6, 6.07) is 6.17. The lowest BCUT2D eigenvalue weighted by Gasteiger charge is -2.05. The first kappa shape index (κ1) is 14.3. The van der Waals surface area contributed by atoms with Gasteiger partial charge in [-0.2, -0.15) is 0 Å². The number of nitrogens with zero attached hydrogens (tertiary/aromatic N) is 2. The van der Waals surface area contributed by atoms with Crippen LogP contribution in [0.4, 0.5) is 10.8 Å². The number of esters is 1. The van der Waals surface area contributed by atoms with E-state index in [1.807, 2.05) is 6.07 Å². The van der Waals surface area contributed by atoms with E-state index in [0.29, 0.717) is 6.61 Å². The number of hydrogen-bond acceptors (Lipinski definition) is 7. The van der Waals surface area contributed by atoms with Crippen LogP contribution in [0.2, 0.25) is 0 Å². The SMILES string of the molecule is Cc1ccc(Nc2nnc(S[C@@H]3CCOC3=O)s2)cc1C. The molecule has 0 unspecified atom stereocenters. The van der Waals surface area contributed by atoms with Crippen LogP contribution in [0.15, 0.2) is 22.5 Å². The lowest BCUT2D eigenvalue weighted by Crippen LogP contribution is -2.08. The number of rotatable bonds is 4. The maximum absolute atomic E-state index is 11.4. The second-order valence-corrected chi connectivity index (χ2v) is 7.29. The molecule has 3 rings (SSSR count). The molecular weight excluding hydrogens is 306 g/mol. The van der Waals surface area contributed by atoms with Gasteiger partial charge in [0.05, 0.1) is 6.61 Å². The Balaban J connectivity index is 1.67. The first-order chi connectivity index (χ1) is 10.1. The average molecular weight is 321 g/mol. The van der Waals surface area contributed by atoms with Crippen LogP contribution in [-0.4, -0.2) is 28.0 Å². The average Bonchev–Trinajstić information content (AvgIpc) is 3.05. The maximum atomic E-state index is 11.4. The van der Waals surface area contributed by atoms with Crippen molar-refractivity contribution in [3.8, 4) is 0 Å². The highest BCUT2D eigenvalue weighted by Gasteiger charge is 2.28. The highest BCUT2D eigenvalue weighted by molar-refractivity contribution is 8.02. The number of anilines is 2. The molecule has 1 aliphatic heterocycles. The van der Waals surface area contributed by atoms with Crippen molar-refractivity contribution >= 4 is 39.9 Å². The first-order valence-corrected chi connectivity index (χ1v) is 8.32. The summed E-state index contributed by atoms with van der Waals surface area (Å²) in [6.07, 6.45) is 0.739. The predicted molar refractivity (Wildman–Crippen MR) is 84.3 cm³/mol. The van der Waals surface area contributed by atoms with Crippen LogP contribution in [0.25, 0.3) is 0 Å². The smallest absolute Gasteiger partial charge is 0.319 e. The number of aromatic nitrogens is 2. The van der Waals surface area contributed by atoms with E-state index in [1.165, 1.54) is 34.2 Å². The number of benzene rings is 1. The Kier molecular flexibility index (Phi) is 4.12. The van der Waals surface area contributed by atoms with E-state index in [4.69, 9.17) is 4.74 Å². The molecule has 0 radical (unpaired) electrons. The number of nitrogens with one attached hydrogen (secondary N) is 1. The van der Waals surface area contributed by atoms with Gasteiger partial charge in [0.15, 0.2) is 4.34 Å². The lowest BCUT2D eigenvalue weighted by atomic mass is 10.1. The summed E-state index contributed by atoms with van der Waals surface area (Å²) < 4.78 is 5.73. The van der Waals surface area contributed by atoms with Gasteiger partial charge in [0.25, 0.3) is 0 Å². The van der Waals surface area contributed by atoms with E-state index >= 15 is 0 Å². The van der Waals surface area contributed by atoms with Crippen molar-refractivity contribution in [2.75, 3.05) is 11.9 Å². The van der Waals surface area contributed by atoms with Crippen molar-refractivity contribution in [3.63, 3.8) is 0 Å². The Morgan fingerprint density at radius 1 is 1.33 bits per heavy atom. The van der Waals surface area contributed by atoms with Crippen molar-refractivity contribution in [3.05, 3.63) is 29.3 Å². The van der Waals surface area contributed by atoms with Crippen molar-refractivity contribution < 1.29 is 9.53 Å². The standard InChI is InChI=1S/C14H15N3O2S2/c1-8-3-4-10(7-9(8)2)15-13-16-17-14(21-13)20-11-5-6-19-12(11)18/h3-4,7,11H,5-6H2,1-2H3,(H,15,16)/t11-/m1/s1. The molecule has 0 saturated carbocycles. The molecule has 1 N–H and O–H groups in total. The molecule has 21 heavy (non-hydrogen) atoms. The summed E-state index contributed by atoms with van der Waals surface area (Å²) in [6.45, 7) is 4.66. The van der Waals surface area contributed by atoms with E-state index in [1.54, 1.807) is 0 Å². The Hall–Kier alpha value is -1.60. The molecule has 1 aliphatic rings. The molecule has 1 aromatic heterocycles. The van der Waals surface area contributed by atoms with Gasteiger partial charge in [-0.05, 0) is 37.1 Å². The fraction of sp³-hybridized carbons (Fsp3) is 0.357. The molecule has 5 nitrogen and oxygen atoms in total. The molecule has 0 amide bonds. The highest BCUT2D eigenvalue weighted by atomic mass is 32.2. The van der Waals surface area contributed by atoms with Gasteiger partial charge in [-0.15, -0.1) is 10.2 Å². The van der Waals surface area contributed by atoms with Crippen LogP contribution in [0.1, 0.15) is 17.5 Å². The largest absolute Gasteiger partial charge is 0.465 e. The predicted octanol–water partition coefficient (Wildman–Crippen LogP) is 3.31. The first-order valence-electron chi connectivity index (χ1n) is 6.63. The Labute approximate surface area is 131 Å².